The summed E-state index contributed by atoms with van der Waals surface area (Å²) >= 11 is 0. The van der Waals surface area contributed by atoms with E-state index in [1.165, 1.54) is 0 Å². The number of nitrogens with one attached hydrogen (secondary N) is 1. The molecule has 0 aliphatic heterocycles. The first-order valence-electron chi connectivity index (χ1n) is 5.42. The van der Waals surface area contributed by atoms with Gasteiger partial charge in [0.05, 0.1) is 11.8 Å². The highest BCUT2D eigenvalue weighted by atomic mass is 16.1. The Morgan fingerprint density at radius 1 is 1.60 bits per heavy atom. The SMILES string of the molecule is CCn1cc(C(=O)CCNC(C)C)cn1. The predicted molar refractivity (Wildman–Crippen MR) is 60.0 cm³/mol. The lowest BCUT2D eigenvalue weighted by molar-refractivity contribution is 0.0982. The maximum absolute atomic E-state index is 11.7. The van der Waals surface area contributed by atoms with Crippen molar-refractivity contribution in [3.63, 3.8) is 0 Å². The molecule has 1 heterocycles. The molecule has 1 aromatic rings. The number of rotatable bonds is 6. The van der Waals surface area contributed by atoms with Crippen molar-refractivity contribution in [1.82, 2.24) is 15.1 Å². The lowest BCUT2D eigenvalue weighted by Crippen LogP contribution is -2.25. The van der Waals surface area contributed by atoms with Gasteiger partial charge in [0.1, 0.15) is 0 Å². The highest BCUT2D eigenvalue weighted by Crippen LogP contribution is 2.01. The van der Waals surface area contributed by atoms with E-state index in [2.05, 4.69) is 24.3 Å². The summed E-state index contributed by atoms with van der Waals surface area (Å²) in [5.74, 6) is 0.155. The van der Waals surface area contributed by atoms with E-state index in [-0.39, 0.29) is 5.78 Å². The van der Waals surface area contributed by atoms with Crippen LogP contribution in [-0.4, -0.2) is 28.2 Å². The van der Waals surface area contributed by atoms with Crippen LogP contribution in [0.15, 0.2) is 12.4 Å². The molecule has 0 unspecified atom stereocenters. The van der Waals surface area contributed by atoms with Crippen molar-refractivity contribution in [3.8, 4) is 0 Å². The van der Waals surface area contributed by atoms with Gasteiger partial charge >= 0.3 is 0 Å². The lowest BCUT2D eigenvalue weighted by atomic mass is 10.2. The number of hydrogen-bond acceptors (Lipinski definition) is 3. The molecule has 0 aromatic carbocycles. The van der Waals surface area contributed by atoms with E-state index in [9.17, 15) is 4.79 Å². The molecule has 84 valence electrons. The van der Waals surface area contributed by atoms with E-state index >= 15 is 0 Å². The van der Waals surface area contributed by atoms with E-state index in [0.29, 0.717) is 18.0 Å². The van der Waals surface area contributed by atoms with Crippen molar-refractivity contribution >= 4 is 5.78 Å². The minimum absolute atomic E-state index is 0.155. The Labute approximate surface area is 90.7 Å². The maximum Gasteiger partial charge on any atom is 0.167 e. The van der Waals surface area contributed by atoms with Crippen LogP contribution in [0.2, 0.25) is 0 Å². The van der Waals surface area contributed by atoms with Crippen molar-refractivity contribution in [2.24, 2.45) is 0 Å². The maximum atomic E-state index is 11.7. The van der Waals surface area contributed by atoms with Crippen molar-refractivity contribution < 1.29 is 4.79 Å². The molecule has 0 saturated carbocycles. The van der Waals surface area contributed by atoms with Crippen LogP contribution in [0.4, 0.5) is 0 Å². The average molecular weight is 209 g/mol. The number of ketones is 1. The summed E-state index contributed by atoms with van der Waals surface area (Å²) in [5.41, 5.74) is 0.711. The van der Waals surface area contributed by atoms with Gasteiger partial charge < -0.3 is 5.32 Å². The molecule has 0 radical (unpaired) electrons. The quantitative estimate of drug-likeness (QED) is 0.722. The average Bonchev–Trinajstić information content (AvgIpc) is 2.65. The topological polar surface area (TPSA) is 46.9 Å². The fraction of sp³-hybridized carbons (Fsp3) is 0.636. The molecule has 0 aliphatic rings. The lowest BCUT2D eigenvalue weighted by Gasteiger charge is -2.05. The Morgan fingerprint density at radius 3 is 2.87 bits per heavy atom. The molecule has 4 heteroatoms. The monoisotopic (exact) mass is 209 g/mol. The van der Waals surface area contributed by atoms with E-state index < -0.39 is 0 Å². The number of hydrogen-bond donors (Lipinski definition) is 1. The summed E-state index contributed by atoms with van der Waals surface area (Å²) in [6.45, 7) is 7.67. The first kappa shape index (κ1) is 11.9. The zero-order valence-electron chi connectivity index (χ0n) is 9.66. The smallest absolute Gasteiger partial charge is 0.167 e. The summed E-state index contributed by atoms with van der Waals surface area (Å²) in [5, 5.41) is 7.29. The molecule has 0 saturated heterocycles. The molecule has 15 heavy (non-hydrogen) atoms. The zero-order valence-corrected chi connectivity index (χ0v) is 9.66. The van der Waals surface area contributed by atoms with Gasteiger partial charge in [-0.3, -0.25) is 9.48 Å². The molecule has 4 nitrogen and oxygen atoms in total. The van der Waals surface area contributed by atoms with Crippen LogP contribution in [-0.2, 0) is 6.54 Å². The van der Waals surface area contributed by atoms with Gasteiger partial charge in [-0.25, -0.2) is 0 Å². The second-order valence-electron chi connectivity index (χ2n) is 3.87. The van der Waals surface area contributed by atoms with Crippen LogP contribution in [0.3, 0.4) is 0 Å². The molecular weight excluding hydrogens is 190 g/mol. The molecule has 1 N–H and O–H groups in total. The molecule has 0 bridgehead atoms. The molecule has 1 rings (SSSR count). The fourth-order valence-electron chi connectivity index (χ4n) is 1.30. The van der Waals surface area contributed by atoms with Crippen LogP contribution in [0.5, 0.6) is 0 Å². The summed E-state index contributed by atoms with van der Waals surface area (Å²) in [6.07, 6.45) is 3.98. The third-order valence-corrected chi connectivity index (χ3v) is 2.18. The Bertz CT molecular complexity index is 317. The van der Waals surface area contributed by atoms with Gasteiger partial charge in [0, 0.05) is 31.7 Å². The second kappa shape index (κ2) is 5.66. The standard InChI is InChI=1S/C11H19N3O/c1-4-14-8-10(7-13-14)11(15)5-6-12-9(2)3/h7-9,12H,4-6H2,1-3H3. The largest absolute Gasteiger partial charge is 0.314 e. The van der Waals surface area contributed by atoms with Gasteiger partial charge in [-0.05, 0) is 6.92 Å². The van der Waals surface area contributed by atoms with Gasteiger partial charge in [-0.2, -0.15) is 5.10 Å². The van der Waals surface area contributed by atoms with Crippen molar-refractivity contribution in [2.45, 2.75) is 39.8 Å². The molecule has 0 fully saturated rings. The summed E-state index contributed by atoms with van der Waals surface area (Å²) < 4.78 is 1.77. The Hall–Kier alpha value is -1.16. The van der Waals surface area contributed by atoms with Crippen molar-refractivity contribution in [1.29, 1.82) is 0 Å². The van der Waals surface area contributed by atoms with Gasteiger partial charge in [0.25, 0.3) is 0 Å². The van der Waals surface area contributed by atoms with Gasteiger partial charge in [-0.15, -0.1) is 0 Å². The predicted octanol–water partition coefficient (Wildman–Crippen LogP) is 1.47. The van der Waals surface area contributed by atoms with E-state index in [4.69, 9.17) is 0 Å². The van der Waals surface area contributed by atoms with Crippen LogP contribution in [0.25, 0.3) is 0 Å². The number of carbonyl (C=O) groups is 1. The van der Waals surface area contributed by atoms with Gasteiger partial charge in [-0.1, -0.05) is 13.8 Å². The molecule has 0 amide bonds. The van der Waals surface area contributed by atoms with Gasteiger partial charge in [0.2, 0.25) is 0 Å². The summed E-state index contributed by atoms with van der Waals surface area (Å²) in [7, 11) is 0. The first-order chi connectivity index (χ1) is 7.13. The number of carbonyl (C=O) groups excluding carboxylic acids is 1. The molecule has 0 aliphatic carbocycles. The number of aromatic nitrogens is 2. The highest BCUT2D eigenvalue weighted by molar-refractivity contribution is 5.95. The number of Topliss-reactive ketones (excluding diaryl/α,β-unsaturated/α-hetero) is 1. The normalized spacial score (nSPS) is 10.9. The summed E-state index contributed by atoms with van der Waals surface area (Å²) in [4.78, 5) is 11.7. The number of aryl methyl sites for hydroxylation is 1. The molecular formula is C11H19N3O. The molecule has 1 aromatic heterocycles. The van der Waals surface area contributed by atoms with Crippen LogP contribution in [0, 0.1) is 0 Å². The Kier molecular flexibility index (Phi) is 4.49. The van der Waals surface area contributed by atoms with Crippen molar-refractivity contribution in [3.05, 3.63) is 18.0 Å². The first-order valence-corrected chi connectivity index (χ1v) is 5.42. The Morgan fingerprint density at radius 2 is 2.33 bits per heavy atom. The second-order valence-corrected chi connectivity index (χ2v) is 3.87. The molecule has 0 atom stereocenters. The molecule has 0 spiro atoms. The summed E-state index contributed by atoms with van der Waals surface area (Å²) in [6, 6.07) is 0.427. The van der Waals surface area contributed by atoms with Crippen LogP contribution in [0.1, 0.15) is 37.6 Å². The van der Waals surface area contributed by atoms with E-state index in [1.54, 1.807) is 17.1 Å². The highest BCUT2D eigenvalue weighted by Gasteiger charge is 2.07. The van der Waals surface area contributed by atoms with Gasteiger partial charge in [0.15, 0.2) is 5.78 Å². The van der Waals surface area contributed by atoms with Crippen LogP contribution >= 0.6 is 0 Å². The third kappa shape index (κ3) is 3.83. The minimum atomic E-state index is 0.155. The van der Waals surface area contributed by atoms with E-state index in [0.717, 1.165) is 13.1 Å². The van der Waals surface area contributed by atoms with Crippen LogP contribution < -0.4 is 5.32 Å². The third-order valence-electron chi connectivity index (χ3n) is 2.18. The minimum Gasteiger partial charge on any atom is -0.314 e. The van der Waals surface area contributed by atoms with Crippen molar-refractivity contribution in [2.75, 3.05) is 6.54 Å². The number of nitrogens with zero attached hydrogens (tertiary/aromatic N) is 2. The Balaban J connectivity index is 2.40. The van der Waals surface area contributed by atoms with E-state index in [1.807, 2.05) is 6.92 Å². The fourth-order valence-corrected chi connectivity index (χ4v) is 1.30. The zero-order chi connectivity index (χ0) is 11.3.